The molecular weight excluding hydrogens is 298 g/mol. The van der Waals surface area contributed by atoms with Crippen LogP contribution in [0.3, 0.4) is 0 Å². The van der Waals surface area contributed by atoms with E-state index in [1.807, 2.05) is 29.6 Å². The van der Waals surface area contributed by atoms with Crippen molar-refractivity contribution in [1.29, 1.82) is 0 Å². The highest BCUT2D eigenvalue weighted by molar-refractivity contribution is 7.08. The minimum Gasteiger partial charge on any atom is -0.399 e. The average molecular weight is 317 g/mol. The minimum absolute atomic E-state index is 0.0685. The third-order valence-electron chi connectivity index (χ3n) is 3.14. The number of hydrogen-bond donors (Lipinski definition) is 3. The Kier molecular flexibility index (Phi) is 5.97. The fourth-order valence-corrected chi connectivity index (χ4v) is 2.54. The van der Waals surface area contributed by atoms with E-state index in [0.717, 1.165) is 17.7 Å². The Morgan fingerprint density at radius 2 is 1.82 bits per heavy atom. The summed E-state index contributed by atoms with van der Waals surface area (Å²) in [6, 6.07) is 9.34. The molecule has 1 heterocycles. The molecule has 6 heteroatoms. The molecule has 2 aromatic rings. The first-order valence-corrected chi connectivity index (χ1v) is 8.01. The summed E-state index contributed by atoms with van der Waals surface area (Å²) in [5, 5.41) is 9.18. The van der Waals surface area contributed by atoms with Gasteiger partial charge in [0, 0.05) is 36.1 Å². The molecule has 4 N–H and O–H groups in total. The number of carbonyl (C=O) groups is 2. The number of nitrogen functional groups attached to an aromatic ring is 1. The predicted molar refractivity (Wildman–Crippen MR) is 88.8 cm³/mol. The van der Waals surface area contributed by atoms with Gasteiger partial charge in [-0.05, 0) is 35.6 Å². The first kappa shape index (κ1) is 16.0. The van der Waals surface area contributed by atoms with Gasteiger partial charge in [-0.3, -0.25) is 9.59 Å². The van der Waals surface area contributed by atoms with Crippen LogP contribution >= 0.6 is 11.3 Å². The summed E-state index contributed by atoms with van der Waals surface area (Å²) in [5.41, 5.74) is 8.10. The van der Waals surface area contributed by atoms with Crippen molar-refractivity contribution >= 4 is 28.8 Å². The molecule has 0 fully saturated rings. The zero-order chi connectivity index (χ0) is 15.8. The van der Waals surface area contributed by atoms with Gasteiger partial charge in [-0.1, -0.05) is 12.1 Å². The minimum atomic E-state index is -0.143. The molecule has 0 aliphatic carbocycles. The quantitative estimate of drug-likeness (QED) is 0.681. The highest BCUT2D eigenvalue weighted by Crippen LogP contribution is 2.06. The highest BCUT2D eigenvalue weighted by Gasteiger charge is 2.06. The first-order valence-electron chi connectivity index (χ1n) is 7.06. The van der Waals surface area contributed by atoms with Crippen molar-refractivity contribution in [3.05, 3.63) is 52.2 Å². The molecule has 0 radical (unpaired) electrons. The van der Waals surface area contributed by atoms with Crippen LogP contribution in [0, 0.1) is 0 Å². The van der Waals surface area contributed by atoms with Gasteiger partial charge >= 0.3 is 0 Å². The number of rotatable bonds is 7. The van der Waals surface area contributed by atoms with E-state index in [-0.39, 0.29) is 18.2 Å². The van der Waals surface area contributed by atoms with Gasteiger partial charge in [-0.2, -0.15) is 11.3 Å². The van der Waals surface area contributed by atoms with Gasteiger partial charge in [-0.15, -0.1) is 0 Å². The van der Waals surface area contributed by atoms with Gasteiger partial charge < -0.3 is 16.4 Å². The van der Waals surface area contributed by atoms with E-state index < -0.39 is 0 Å². The largest absolute Gasteiger partial charge is 0.399 e. The Morgan fingerprint density at radius 1 is 1.05 bits per heavy atom. The Balaban J connectivity index is 1.60. The Labute approximate surface area is 133 Å². The summed E-state index contributed by atoms with van der Waals surface area (Å²) < 4.78 is 0. The summed E-state index contributed by atoms with van der Waals surface area (Å²) >= 11 is 1.47. The summed E-state index contributed by atoms with van der Waals surface area (Å²) in [6.45, 7) is 0.906. The molecule has 0 unspecified atom stereocenters. The van der Waals surface area contributed by atoms with Crippen molar-refractivity contribution < 1.29 is 9.59 Å². The van der Waals surface area contributed by atoms with Crippen LogP contribution in [0.1, 0.15) is 22.3 Å². The molecule has 0 bridgehead atoms. The molecule has 2 amide bonds. The Hall–Kier alpha value is -2.34. The second kappa shape index (κ2) is 8.19. The zero-order valence-electron chi connectivity index (χ0n) is 12.2. The molecule has 0 saturated carbocycles. The predicted octanol–water partition coefficient (Wildman–Crippen LogP) is 1.81. The lowest BCUT2D eigenvalue weighted by atomic mass is 10.1. The van der Waals surface area contributed by atoms with Crippen molar-refractivity contribution in [1.82, 2.24) is 10.6 Å². The smallest absolute Gasteiger partial charge is 0.252 e. The van der Waals surface area contributed by atoms with Gasteiger partial charge in [-0.25, -0.2) is 0 Å². The fraction of sp³-hybridized carbons (Fsp3) is 0.250. The standard InChI is InChI=1S/C16H19N3O2S/c17-14-3-1-12(2-4-14)5-8-18-15(20)6-9-19-16(21)13-7-10-22-11-13/h1-4,7,10-11H,5-6,8-9,17H2,(H,18,20)(H,19,21). The second-order valence-corrected chi connectivity index (χ2v) is 5.64. The summed E-state index contributed by atoms with van der Waals surface area (Å²) in [5.74, 6) is -0.211. The van der Waals surface area contributed by atoms with Crippen molar-refractivity contribution in [2.75, 3.05) is 18.8 Å². The maximum absolute atomic E-state index is 11.7. The van der Waals surface area contributed by atoms with Crippen LogP contribution in [-0.2, 0) is 11.2 Å². The highest BCUT2D eigenvalue weighted by atomic mass is 32.1. The van der Waals surface area contributed by atoms with Crippen LogP contribution in [-0.4, -0.2) is 24.9 Å². The Morgan fingerprint density at radius 3 is 2.50 bits per heavy atom. The lowest BCUT2D eigenvalue weighted by Crippen LogP contribution is -2.31. The van der Waals surface area contributed by atoms with Crippen LogP contribution in [0.2, 0.25) is 0 Å². The lowest BCUT2D eigenvalue weighted by Gasteiger charge is -2.06. The number of hydrogen-bond acceptors (Lipinski definition) is 4. The maximum Gasteiger partial charge on any atom is 0.252 e. The van der Waals surface area contributed by atoms with E-state index >= 15 is 0 Å². The normalized spacial score (nSPS) is 10.2. The number of nitrogens with two attached hydrogens (primary N) is 1. The van der Waals surface area contributed by atoms with Gasteiger partial charge in [0.1, 0.15) is 0 Å². The maximum atomic E-state index is 11.7. The molecule has 2 rings (SSSR count). The van der Waals surface area contributed by atoms with E-state index in [0.29, 0.717) is 18.7 Å². The van der Waals surface area contributed by atoms with Crippen molar-refractivity contribution in [2.45, 2.75) is 12.8 Å². The number of nitrogens with one attached hydrogen (secondary N) is 2. The molecule has 0 aliphatic rings. The molecule has 0 aliphatic heterocycles. The molecule has 0 atom stereocenters. The Bertz CT molecular complexity index is 609. The zero-order valence-corrected chi connectivity index (χ0v) is 13.0. The van der Waals surface area contributed by atoms with Gasteiger partial charge in [0.2, 0.25) is 5.91 Å². The fourth-order valence-electron chi connectivity index (χ4n) is 1.90. The summed E-state index contributed by atoms with van der Waals surface area (Å²) in [6.07, 6.45) is 1.03. The molecule has 1 aromatic heterocycles. The van der Waals surface area contributed by atoms with E-state index in [2.05, 4.69) is 10.6 Å². The third-order valence-corrected chi connectivity index (χ3v) is 3.82. The van der Waals surface area contributed by atoms with Crippen LogP contribution in [0.4, 0.5) is 5.69 Å². The SMILES string of the molecule is Nc1ccc(CCNC(=O)CCNC(=O)c2ccsc2)cc1. The van der Waals surface area contributed by atoms with Crippen LogP contribution < -0.4 is 16.4 Å². The van der Waals surface area contributed by atoms with E-state index in [9.17, 15) is 9.59 Å². The van der Waals surface area contributed by atoms with Crippen LogP contribution in [0.15, 0.2) is 41.1 Å². The van der Waals surface area contributed by atoms with E-state index in [4.69, 9.17) is 5.73 Å². The van der Waals surface area contributed by atoms with E-state index in [1.54, 1.807) is 11.4 Å². The average Bonchev–Trinajstić information content (AvgIpc) is 3.03. The van der Waals surface area contributed by atoms with Gasteiger partial charge in [0.15, 0.2) is 0 Å². The summed E-state index contributed by atoms with van der Waals surface area (Å²) in [7, 11) is 0. The molecule has 0 saturated heterocycles. The van der Waals surface area contributed by atoms with Gasteiger partial charge in [0.25, 0.3) is 5.91 Å². The van der Waals surface area contributed by atoms with Crippen molar-refractivity contribution in [3.8, 4) is 0 Å². The number of carbonyl (C=O) groups excluding carboxylic acids is 2. The first-order chi connectivity index (χ1) is 10.6. The van der Waals surface area contributed by atoms with Crippen LogP contribution in [0.25, 0.3) is 0 Å². The molecule has 116 valence electrons. The van der Waals surface area contributed by atoms with Crippen molar-refractivity contribution in [2.24, 2.45) is 0 Å². The molecule has 5 nitrogen and oxygen atoms in total. The number of thiophene rings is 1. The molecule has 1 aromatic carbocycles. The van der Waals surface area contributed by atoms with E-state index in [1.165, 1.54) is 11.3 Å². The van der Waals surface area contributed by atoms with Crippen LogP contribution in [0.5, 0.6) is 0 Å². The summed E-state index contributed by atoms with van der Waals surface area (Å²) in [4.78, 5) is 23.3. The third kappa shape index (κ3) is 5.21. The van der Waals surface area contributed by atoms with Gasteiger partial charge in [0.05, 0.1) is 0 Å². The number of anilines is 1. The number of benzene rings is 1. The molecular formula is C16H19N3O2S. The number of amides is 2. The van der Waals surface area contributed by atoms with Crippen molar-refractivity contribution in [3.63, 3.8) is 0 Å². The molecule has 22 heavy (non-hydrogen) atoms. The second-order valence-electron chi connectivity index (χ2n) is 4.86. The monoisotopic (exact) mass is 317 g/mol. The topological polar surface area (TPSA) is 84.2 Å². The molecule has 0 spiro atoms. The lowest BCUT2D eigenvalue weighted by molar-refractivity contribution is -0.120.